The van der Waals surface area contributed by atoms with E-state index in [1.165, 1.54) is 6.07 Å². The monoisotopic (exact) mass is 485 g/mol. The minimum atomic E-state index is -0.192. The van der Waals surface area contributed by atoms with Crippen LogP contribution < -0.4 is 16.0 Å². The van der Waals surface area contributed by atoms with Crippen molar-refractivity contribution < 1.29 is 4.39 Å². The highest BCUT2D eigenvalue weighted by atomic mass is 127. The summed E-state index contributed by atoms with van der Waals surface area (Å²) in [4.78, 5) is 8.81. The zero-order chi connectivity index (χ0) is 18.5. The fourth-order valence-corrected chi connectivity index (χ4v) is 2.47. The largest absolute Gasteiger partial charge is 0.370 e. The smallest absolute Gasteiger partial charge is 0.191 e. The van der Waals surface area contributed by atoms with Crippen LogP contribution in [0.2, 0.25) is 0 Å². The van der Waals surface area contributed by atoms with Crippen LogP contribution in [0.25, 0.3) is 0 Å². The van der Waals surface area contributed by atoms with Crippen LogP contribution in [0.5, 0.6) is 0 Å². The lowest BCUT2D eigenvalue weighted by Gasteiger charge is -2.11. The lowest BCUT2D eigenvalue weighted by Crippen LogP contribution is -2.38. The molecule has 1 aromatic heterocycles. The lowest BCUT2D eigenvalue weighted by atomic mass is 10.1. The highest BCUT2D eigenvalue weighted by molar-refractivity contribution is 14.0. The lowest BCUT2D eigenvalue weighted by molar-refractivity contribution is 0.625. The summed E-state index contributed by atoms with van der Waals surface area (Å²) in [5.41, 5.74) is 0.981. The third kappa shape index (κ3) is 10.1. The molecule has 2 rings (SSSR count). The summed E-state index contributed by atoms with van der Waals surface area (Å²) >= 11 is 0. The number of anilines is 1. The number of halogens is 2. The normalized spacial score (nSPS) is 10.8. The van der Waals surface area contributed by atoms with Crippen LogP contribution in [-0.2, 0) is 6.42 Å². The van der Waals surface area contributed by atoms with E-state index in [9.17, 15) is 4.39 Å². The first-order valence-electron chi connectivity index (χ1n) is 9.19. The van der Waals surface area contributed by atoms with Crippen molar-refractivity contribution in [3.05, 3.63) is 60.0 Å². The van der Waals surface area contributed by atoms with Gasteiger partial charge in [-0.25, -0.2) is 9.37 Å². The maximum atomic E-state index is 13.2. The Labute approximate surface area is 178 Å². The Bertz CT molecular complexity index is 666. The maximum absolute atomic E-state index is 13.2. The Morgan fingerprint density at radius 3 is 2.70 bits per heavy atom. The summed E-state index contributed by atoms with van der Waals surface area (Å²) in [5, 5.41) is 9.83. The first-order chi connectivity index (χ1) is 12.8. The van der Waals surface area contributed by atoms with Crippen molar-refractivity contribution in [2.45, 2.75) is 26.2 Å². The first kappa shape index (κ1) is 23.1. The van der Waals surface area contributed by atoms with Crippen molar-refractivity contribution in [1.29, 1.82) is 0 Å². The van der Waals surface area contributed by atoms with Gasteiger partial charge in [0.05, 0.1) is 0 Å². The number of aromatic nitrogens is 1. The topological polar surface area (TPSA) is 61.3 Å². The number of guanidine groups is 1. The summed E-state index contributed by atoms with van der Waals surface area (Å²) < 4.78 is 13.2. The molecular weight excluding hydrogens is 456 g/mol. The Hall–Kier alpha value is -1.90. The number of benzene rings is 1. The Balaban J connectivity index is 0.00000364. The molecule has 0 aliphatic carbocycles. The van der Waals surface area contributed by atoms with Gasteiger partial charge in [0.15, 0.2) is 5.96 Å². The average molecular weight is 485 g/mol. The Morgan fingerprint density at radius 2 is 1.96 bits per heavy atom. The van der Waals surface area contributed by atoms with Gasteiger partial charge in [0.2, 0.25) is 0 Å². The van der Waals surface area contributed by atoms with Gasteiger partial charge in [-0.05, 0) is 56.0 Å². The predicted octanol–water partition coefficient (Wildman–Crippen LogP) is 3.83. The fraction of sp³-hybridized carbons (Fsp3) is 0.400. The van der Waals surface area contributed by atoms with E-state index in [1.807, 2.05) is 31.2 Å². The molecular formula is C20H29FIN5. The molecule has 7 heteroatoms. The maximum Gasteiger partial charge on any atom is 0.191 e. The highest BCUT2D eigenvalue weighted by Gasteiger charge is 1.99. The number of hydrogen-bond acceptors (Lipinski definition) is 3. The van der Waals surface area contributed by atoms with Gasteiger partial charge < -0.3 is 16.0 Å². The zero-order valence-corrected chi connectivity index (χ0v) is 18.1. The SMILES string of the molecule is CCNC(=NCCCCNc1ccccn1)NCCc1cccc(F)c1.I. The fourth-order valence-electron chi connectivity index (χ4n) is 2.47. The van der Waals surface area contributed by atoms with Crippen LogP contribution in [0.4, 0.5) is 10.2 Å². The molecule has 148 valence electrons. The summed E-state index contributed by atoms with van der Waals surface area (Å²) in [6, 6.07) is 12.5. The highest BCUT2D eigenvalue weighted by Crippen LogP contribution is 2.03. The van der Waals surface area contributed by atoms with Crippen molar-refractivity contribution in [1.82, 2.24) is 15.6 Å². The second-order valence-corrected chi connectivity index (χ2v) is 5.92. The van der Waals surface area contributed by atoms with Crippen molar-refractivity contribution in [2.24, 2.45) is 4.99 Å². The van der Waals surface area contributed by atoms with E-state index >= 15 is 0 Å². The molecule has 0 atom stereocenters. The van der Waals surface area contributed by atoms with E-state index in [2.05, 4.69) is 25.9 Å². The van der Waals surface area contributed by atoms with Crippen LogP contribution >= 0.6 is 24.0 Å². The number of unbranched alkanes of at least 4 members (excludes halogenated alkanes) is 1. The Kier molecular flexibility index (Phi) is 12.2. The molecule has 1 heterocycles. The minimum absolute atomic E-state index is 0. The molecule has 0 saturated carbocycles. The summed E-state index contributed by atoms with van der Waals surface area (Å²) in [6.07, 6.45) is 4.57. The second kappa shape index (κ2) is 14.2. The van der Waals surface area contributed by atoms with Gasteiger partial charge in [0, 0.05) is 32.4 Å². The van der Waals surface area contributed by atoms with Crippen LogP contribution in [0, 0.1) is 5.82 Å². The molecule has 1 aromatic carbocycles. The average Bonchev–Trinajstić information content (AvgIpc) is 2.65. The molecule has 5 nitrogen and oxygen atoms in total. The van der Waals surface area contributed by atoms with Gasteiger partial charge in [-0.3, -0.25) is 4.99 Å². The van der Waals surface area contributed by atoms with Gasteiger partial charge in [-0.1, -0.05) is 18.2 Å². The number of pyridine rings is 1. The van der Waals surface area contributed by atoms with Gasteiger partial charge in [0.25, 0.3) is 0 Å². The van der Waals surface area contributed by atoms with E-state index in [1.54, 1.807) is 18.3 Å². The molecule has 0 aliphatic rings. The summed E-state index contributed by atoms with van der Waals surface area (Å²) in [6.45, 7) is 5.22. The van der Waals surface area contributed by atoms with Gasteiger partial charge in [-0.15, -0.1) is 24.0 Å². The number of hydrogen-bond donors (Lipinski definition) is 3. The second-order valence-electron chi connectivity index (χ2n) is 5.92. The standard InChI is InChI=1S/C20H28FN5.HI/c1-2-22-20(26-15-11-17-8-7-9-18(21)16-17)25-14-6-5-13-24-19-10-3-4-12-23-19;/h3-4,7-10,12,16H,2,5-6,11,13-15H2,1H3,(H,23,24)(H2,22,25,26);1H. The van der Waals surface area contributed by atoms with E-state index in [0.717, 1.165) is 62.8 Å². The van der Waals surface area contributed by atoms with Gasteiger partial charge in [-0.2, -0.15) is 0 Å². The number of aliphatic imine (C=N–C) groups is 1. The Morgan fingerprint density at radius 1 is 1.07 bits per heavy atom. The van der Waals surface area contributed by atoms with E-state index in [-0.39, 0.29) is 29.8 Å². The molecule has 0 amide bonds. The number of rotatable bonds is 10. The molecule has 0 unspecified atom stereocenters. The van der Waals surface area contributed by atoms with Crippen molar-refractivity contribution in [3.8, 4) is 0 Å². The van der Waals surface area contributed by atoms with Crippen LogP contribution in [-0.4, -0.2) is 37.1 Å². The third-order valence-electron chi connectivity index (χ3n) is 3.77. The number of nitrogens with one attached hydrogen (secondary N) is 3. The quantitative estimate of drug-likeness (QED) is 0.207. The molecule has 0 spiro atoms. The first-order valence-corrected chi connectivity index (χ1v) is 9.19. The molecule has 2 aromatic rings. The number of nitrogens with zero attached hydrogens (tertiary/aromatic N) is 2. The summed E-state index contributed by atoms with van der Waals surface area (Å²) in [7, 11) is 0. The third-order valence-corrected chi connectivity index (χ3v) is 3.77. The zero-order valence-electron chi connectivity index (χ0n) is 15.7. The van der Waals surface area contributed by atoms with Crippen molar-refractivity contribution in [3.63, 3.8) is 0 Å². The van der Waals surface area contributed by atoms with Gasteiger partial charge in [0.1, 0.15) is 11.6 Å². The molecule has 3 N–H and O–H groups in total. The van der Waals surface area contributed by atoms with E-state index < -0.39 is 0 Å². The minimum Gasteiger partial charge on any atom is -0.370 e. The predicted molar refractivity (Wildman–Crippen MR) is 121 cm³/mol. The van der Waals surface area contributed by atoms with E-state index in [0.29, 0.717) is 0 Å². The molecule has 0 fully saturated rings. The molecule has 0 bridgehead atoms. The van der Waals surface area contributed by atoms with Crippen LogP contribution in [0.3, 0.4) is 0 Å². The van der Waals surface area contributed by atoms with Crippen molar-refractivity contribution in [2.75, 3.05) is 31.5 Å². The molecule has 27 heavy (non-hydrogen) atoms. The van der Waals surface area contributed by atoms with Crippen molar-refractivity contribution >= 4 is 35.8 Å². The molecule has 0 aliphatic heterocycles. The van der Waals surface area contributed by atoms with E-state index in [4.69, 9.17) is 0 Å². The summed E-state index contributed by atoms with van der Waals surface area (Å²) in [5.74, 6) is 1.52. The molecule has 0 radical (unpaired) electrons. The van der Waals surface area contributed by atoms with Crippen LogP contribution in [0.15, 0.2) is 53.7 Å². The molecule has 0 saturated heterocycles. The van der Waals surface area contributed by atoms with Gasteiger partial charge >= 0.3 is 0 Å². The van der Waals surface area contributed by atoms with Crippen LogP contribution in [0.1, 0.15) is 25.3 Å².